The summed E-state index contributed by atoms with van der Waals surface area (Å²) in [6.45, 7) is 10.1. The lowest BCUT2D eigenvalue weighted by Crippen LogP contribution is -2.85. The van der Waals surface area contributed by atoms with Gasteiger partial charge in [-0.2, -0.15) is 0 Å². The van der Waals surface area contributed by atoms with Crippen molar-refractivity contribution in [2.24, 2.45) is 29.1 Å². The third-order valence-electron chi connectivity index (χ3n) is 14.1. The van der Waals surface area contributed by atoms with Crippen LogP contribution in [0.25, 0.3) is 0 Å². The topological polar surface area (TPSA) is 160 Å². The summed E-state index contributed by atoms with van der Waals surface area (Å²) in [5.41, 5.74) is -8.96. The van der Waals surface area contributed by atoms with Crippen molar-refractivity contribution >= 4 is 5.97 Å². The molecule has 0 aromatic carbocycles. The number of esters is 1. The smallest absolute Gasteiger partial charge is 0.333 e. The SMILES string of the molecule is C/C=C(/C)C(=O)O[C@H]1CC[C@@]2(C)[C@@H]3CC[C@H]4[C@]5(O)C[C@H](O)[C@@]6(O)[C@@H](CN7C[C@@H](C)CC[C@H]7[C@@]6(C)O)[C@]5(O)C[C@@]42OC13O. The van der Waals surface area contributed by atoms with Crippen molar-refractivity contribution in [1.29, 1.82) is 0 Å². The predicted octanol–water partition coefficient (Wildman–Crippen LogP) is 0.991. The lowest BCUT2D eigenvalue weighted by molar-refractivity contribution is -0.354. The summed E-state index contributed by atoms with van der Waals surface area (Å²) in [7, 11) is 0. The molecule has 0 aromatic rings. The fraction of sp³-hybridized carbons (Fsp3) is 0.906. The van der Waals surface area contributed by atoms with Crippen LogP contribution >= 0.6 is 0 Å². The first-order chi connectivity index (χ1) is 19.5. The van der Waals surface area contributed by atoms with Gasteiger partial charge in [-0.05, 0) is 65.2 Å². The molecule has 4 bridgehead atoms. The van der Waals surface area contributed by atoms with E-state index in [0.717, 1.165) is 6.42 Å². The number of rotatable bonds is 2. The second-order valence-corrected chi connectivity index (χ2v) is 15.7. The maximum absolute atomic E-state index is 12.9. The van der Waals surface area contributed by atoms with Crippen LogP contribution in [0.15, 0.2) is 11.6 Å². The molecule has 1 spiro atoms. The Bertz CT molecular complexity index is 1220. The van der Waals surface area contributed by atoms with Crippen molar-refractivity contribution in [3.63, 3.8) is 0 Å². The van der Waals surface area contributed by atoms with Gasteiger partial charge in [-0.3, -0.25) is 4.90 Å². The lowest BCUT2D eigenvalue weighted by Gasteiger charge is -2.68. The summed E-state index contributed by atoms with van der Waals surface area (Å²) >= 11 is 0. The zero-order valence-corrected chi connectivity index (χ0v) is 25.5. The van der Waals surface area contributed by atoms with E-state index < -0.39 is 75.1 Å². The Balaban J connectivity index is 1.32. The van der Waals surface area contributed by atoms with Gasteiger partial charge in [0.25, 0.3) is 0 Å². The lowest BCUT2D eigenvalue weighted by atomic mass is 9.49. The summed E-state index contributed by atoms with van der Waals surface area (Å²) in [6.07, 6.45) is 2.30. The number of carbonyl (C=O) groups is 1. The molecule has 10 heteroatoms. The van der Waals surface area contributed by atoms with Crippen molar-refractivity contribution < 1.29 is 44.9 Å². The van der Waals surface area contributed by atoms with Gasteiger partial charge in [-0.25, -0.2) is 4.79 Å². The molecule has 3 aliphatic heterocycles. The van der Waals surface area contributed by atoms with Crippen molar-refractivity contribution in [1.82, 2.24) is 4.90 Å². The Morgan fingerprint density at radius 2 is 1.64 bits per heavy atom. The number of aliphatic hydroxyl groups excluding tert-OH is 1. The highest BCUT2D eigenvalue weighted by Gasteiger charge is 2.88. The van der Waals surface area contributed by atoms with Gasteiger partial charge in [-0.1, -0.05) is 19.9 Å². The van der Waals surface area contributed by atoms with Crippen LogP contribution in [-0.2, 0) is 14.3 Å². The van der Waals surface area contributed by atoms with E-state index in [1.807, 2.05) is 6.92 Å². The first-order valence-corrected chi connectivity index (χ1v) is 16.0. The Hall–Kier alpha value is -1.11. The quantitative estimate of drug-likeness (QED) is 0.202. The number of ether oxygens (including phenoxy) is 2. The fourth-order valence-electron chi connectivity index (χ4n) is 11.8. The zero-order chi connectivity index (χ0) is 30.5. The highest BCUT2D eigenvalue weighted by Crippen LogP contribution is 2.78. The van der Waals surface area contributed by atoms with E-state index in [-0.39, 0.29) is 25.4 Å². The van der Waals surface area contributed by atoms with Gasteiger partial charge in [0, 0.05) is 60.7 Å². The number of hydrogen-bond donors (Lipinski definition) is 6. The minimum absolute atomic E-state index is 0.0606. The molecule has 3 heterocycles. The average molecular weight is 592 g/mol. The Morgan fingerprint density at radius 3 is 2.33 bits per heavy atom. The number of fused-ring (bicyclic) bond motifs is 5. The normalized spacial score (nSPS) is 60.3. The molecule has 1 unspecified atom stereocenters. The summed E-state index contributed by atoms with van der Waals surface area (Å²) < 4.78 is 12.6. The number of carbonyl (C=O) groups excluding carboxylic acids is 1. The van der Waals surface area contributed by atoms with Crippen LogP contribution in [0.3, 0.4) is 0 Å². The monoisotopic (exact) mass is 591 g/mol. The second kappa shape index (κ2) is 8.57. The number of nitrogens with zero attached hydrogens (tertiary/aromatic N) is 1. The Morgan fingerprint density at radius 1 is 0.952 bits per heavy atom. The summed E-state index contributed by atoms with van der Waals surface area (Å²) in [5, 5.41) is 73.9. The van der Waals surface area contributed by atoms with Crippen LogP contribution in [0.4, 0.5) is 0 Å². The van der Waals surface area contributed by atoms with Gasteiger partial charge < -0.3 is 40.1 Å². The molecule has 7 rings (SSSR count). The van der Waals surface area contributed by atoms with Crippen LogP contribution in [0.5, 0.6) is 0 Å². The first kappa shape index (κ1) is 29.6. The molecule has 42 heavy (non-hydrogen) atoms. The third-order valence-corrected chi connectivity index (χ3v) is 14.1. The Kier molecular flexibility index (Phi) is 6.04. The molecule has 10 nitrogen and oxygen atoms in total. The number of aliphatic hydroxyl groups is 6. The van der Waals surface area contributed by atoms with E-state index in [1.54, 1.807) is 26.8 Å². The van der Waals surface area contributed by atoms with Gasteiger partial charge in [0.1, 0.15) is 22.4 Å². The van der Waals surface area contributed by atoms with E-state index in [4.69, 9.17) is 9.47 Å². The molecule has 0 aromatic heterocycles. The van der Waals surface area contributed by atoms with Gasteiger partial charge in [0.2, 0.25) is 5.79 Å². The average Bonchev–Trinajstić information content (AvgIpc) is 3.09. The van der Waals surface area contributed by atoms with Gasteiger partial charge in [-0.15, -0.1) is 0 Å². The predicted molar refractivity (Wildman–Crippen MR) is 150 cm³/mol. The van der Waals surface area contributed by atoms with Crippen LogP contribution < -0.4 is 0 Å². The molecule has 14 atom stereocenters. The second-order valence-electron chi connectivity index (χ2n) is 15.7. The Labute approximate surface area is 247 Å². The van der Waals surface area contributed by atoms with Crippen LogP contribution in [0.2, 0.25) is 0 Å². The third kappa shape index (κ3) is 3.07. The van der Waals surface area contributed by atoms with Crippen LogP contribution in [0, 0.1) is 29.1 Å². The zero-order valence-electron chi connectivity index (χ0n) is 25.5. The van der Waals surface area contributed by atoms with Crippen LogP contribution in [0.1, 0.15) is 86.0 Å². The van der Waals surface area contributed by atoms with E-state index in [9.17, 15) is 35.4 Å². The minimum atomic E-state index is -2.06. The van der Waals surface area contributed by atoms with E-state index in [0.29, 0.717) is 50.1 Å². The molecule has 7 fully saturated rings. The molecule has 236 valence electrons. The van der Waals surface area contributed by atoms with E-state index >= 15 is 0 Å². The maximum atomic E-state index is 12.9. The van der Waals surface area contributed by atoms with E-state index in [2.05, 4.69) is 11.8 Å². The highest BCUT2D eigenvalue weighted by atomic mass is 16.7. The number of hydrogen-bond acceptors (Lipinski definition) is 10. The molecule has 3 saturated heterocycles. The first-order valence-electron chi connectivity index (χ1n) is 16.0. The van der Waals surface area contributed by atoms with Crippen molar-refractivity contribution in [2.45, 2.75) is 138 Å². The van der Waals surface area contributed by atoms with Crippen molar-refractivity contribution in [3.8, 4) is 0 Å². The molecular formula is C32H49NO9. The molecule has 0 amide bonds. The summed E-state index contributed by atoms with van der Waals surface area (Å²) in [6, 6.07) is -0.387. The van der Waals surface area contributed by atoms with Crippen LogP contribution in [-0.4, -0.2) is 107 Å². The van der Waals surface area contributed by atoms with Gasteiger partial charge in [0.05, 0.1) is 11.7 Å². The van der Waals surface area contributed by atoms with Crippen molar-refractivity contribution in [2.75, 3.05) is 13.1 Å². The molecule has 6 N–H and O–H groups in total. The summed E-state index contributed by atoms with van der Waals surface area (Å²) in [4.78, 5) is 14.9. The largest absolute Gasteiger partial charge is 0.453 e. The molecule has 4 saturated carbocycles. The molecule has 7 aliphatic rings. The molecular weight excluding hydrogens is 542 g/mol. The van der Waals surface area contributed by atoms with E-state index in [1.165, 1.54) is 0 Å². The molecule has 4 aliphatic carbocycles. The molecule has 0 radical (unpaired) electrons. The number of piperidine rings is 2. The minimum Gasteiger partial charge on any atom is -0.453 e. The van der Waals surface area contributed by atoms with Crippen molar-refractivity contribution in [3.05, 3.63) is 11.6 Å². The van der Waals surface area contributed by atoms with Gasteiger partial charge in [0.15, 0.2) is 6.10 Å². The maximum Gasteiger partial charge on any atom is 0.333 e. The highest BCUT2D eigenvalue weighted by molar-refractivity contribution is 5.87. The summed E-state index contributed by atoms with van der Waals surface area (Å²) in [5.74, 6) is -4.05. The number of allylic oxidation sites excluding steroid dienone is 1. The standard InChI is InChI=1S/C32H49NO9/c1-6-18(3)25(35)41-24-11-12-26(4)19-8-9-20-28(37)13-23(34)31(39)21(29(28,38)16-30(20,26)42-32(19,24)40)15-33-14-17(2)7-10-22(33)27(31,5)36/h6,17,19-24,34,36-40H,7-16H2,1-5H3/b18-6-/t17-,19-,20-,21-,22-,23-,24-,26-,27+,28+,29+,30+,31-,32?/m0/s1. The van der Waals surface area contributed by atoms with Gasteiger partial charge >= 0.3 is 5.97 Å². The fourth-order valence-corrected chi connectivity index (χ4v) is 11.8.